The fourth-order valence-electron chi connectivity index (χ4n) is 1.55. The van der Waals surface area contributed by atoms with Crippen molar-refractivity contribution in [2.75, 3.05) is 11.9 Å². The van der Waals surface area contributed by atoms with Gasteiger partial charge in [-0.25, -0.2) is 4.79 Å². The summed E-state index contributed by atoms with van der Waals surface area (Å²) in [7, 11) is 0. The van der Waals surface area contributed by atoms with Crippen LogP contribution in [0.15, 0.2) is 16.5 Å². The third kappa shape index (κ3) is 3.78. The van der Waals surface area contributed by atoms with E-state index in [-0.39, 0.29) is 23.8 Å². The number of carbonyl (C=O) groups is 1. The number of aliphatic hydroxyl groups is 1. The molecule has 17 heavy (non-hydrogen) atoms. The number of carboxylic acids is 1. The van der Waals surface area contributed by atoms with Gasteiger partial charge in [-0.05, 0) is 17.9 Å². The Labute approximate surface area is 100 Å². The second-order valence-corrected chi connectivity index (χ2v) is 5.04. The summed E-state index contributed by atoms with van der Waals surface area (Å²) in [5.74, 6) is -0.771. The minimum atomic E-state index is -1.09. The van der Waals surface area contributed by atoms with E-state index in [1.165, 1.54) is 6.07 Å². The summed E-state index contributed by atoms with van der Waals surface area (Å²) >= 11 is 0. The molecule has 96 valence electrons. The van der Waals surface area contributed by atoms with Gasteiger partial charge in [-0.3, -0.25) is 0 Å². The summed E-state index contributed by atoms with van der Waals surface area (Å²) in [5.41, 5.74) is -0.0566. The van der Waals surface area contributed by atoms with Crippen molar-refractivity contribution in [2.24, 2.45) is 5.41 Å². The first-order valence-electron chi connectivity index (χ1n) is 5.55. The van der Waals surface area contributed by atoms with Gasteiger partial charge in [-0.15, -0.1) is 0 Å². The van der Waals surface area contributed by atoms with Gasteiger partial charge in [0.05, 0.1) is 0 Å². The first kappa shape index (κ1) is 13.6. The molecule has 1 rings (SSSR count). The van der Waals surface area contributed by atoms with Crippen LogP contribution in [0.3, 0.4) is 0 Å². The fraction of sp³-hybridized carbons (Fsp3) is 0.583. The van der Waals surface area contributed by atoms with E-state index < -0.39 is 5.97 Å². The minimum absolute atomic E-state index is 0.0142. The lowest BCUT2D eigenvalue weighted by atomic mass is 9.85. The van der Waals surface area contributed by atoms with E-state index in [9.17, 15) is 4.79 Å². The summed E-state index contributed by atoms with van der Waals surface area (Å²) in [6, 6.07) is 3.00. The molecule has 0 saturated heterocycles. The lowest BCUT2D eigenvalue weighted by molar-refractivity contribution is 0.0663. The Bertz CT molecular complexity index is 378. The van der Waals surface area contributed by atoms with Gasteiger partial charge in [0.2, 0.25) is 5.76 Å². The minimum Gasteiger partial charge on any atom is -0.475 e. The van der Waals surface area contributed by atoms with Crippen LogP contribution < -0.4 is 5.32 Å². The molecule has 0 amide bonds. The highest BCUT2D eigenvalue weighted by Gasteiger charge is 2.25. The third-order valence-corrected chi connectivity index (χ3v) is 2.60. The molecule has 0 fully saturated rings. The van der Waals surface area contributed by atoms with E-state index in [0.29, 0.717) is 12.3 Å². The molecule has 1 atom stereocenters. The van der Waals surface area contributed by atoms with Crippen molar-refractivity contribution in [1.82, 2.24) is 0 Å². The number of rotatable bonds is 5. The van der Waals surface area contributed by atoms with Crippen LogP contribution in [0.5, 0.6) is 0 Å². The molecule has 5 heteroatoms. The van der Waals surface area contributed by atoms with Crippen molar-refractivity contribution in [1.29, 1.82) is 0 Å². The number of hydrogen-bond acceptors (Lipinski definition) is 4. The van der Waals surface area contributed by atoms with Crippen LogP contribution in [0.25, 0.3) is 0 Å². The smallest absolute Gasteiger partial charge is 0.371 e. The van der Waals surface area contributed by atoms with Crippen LogP contribution in [0.2, 0.25) is 0 Å². The van der Waals surface area contributed by atoms with Gasteiger partial charge in [0.15, 0.2) is 5.88 Å². The molecule has 5 nitrogen and oxygen atoms in total. The maximum Gasteiger partial charge on any atom is 0.371 e. The highest BCUT2D eigenvalue weighted by molar-refractivity contribution is 5.84. The van der Waals surface area contributed by atoms with Gasteiger partial charge in [-0.1, -0.05) is 20.8 Å². The standard InChI is InChI=1S/C12H19NO4/c1-12(2,3)9(6-7-14)13-10-5-4-8(17-10)11(15)16/h4-5,9,13-14H,6-7H2,1-3H3,(H,15,16). The third-order valence-electron chi connectivity index (χ3n) is 2.60. The molecule has 1 aromatic rings. The molecular weight excluding hydrogens is 222 g/mol. The molecule has 0 radical (unpaired) electrons. The number of aliphatic hydroxyl groups excluding tert-OH is 1. The van der Waals surface area contributed by atoms with Crippen LogP contribution in [0.4, 0.5) is 5.88 Å². The number of hydrogen-bond donors (Lipinski definition) is 3. The molecule has 0 aliphatic rings. The molecule has 3 N–H and O–H groups in total. The summed E-state index contributed by atoms with van der Waals surface area (Å²) in [5, 5.41) is 20.8. The molecule has 0 aliphatic heterocycles. The SMILES string of the molecule is CC(C)(C)C(CCO)Nc1ccc(C(=O)O)o1. The average molecular weight is 241 g/mol. The van der Waals surface area contributed by atoms with Gasteiger partial charge >= 0.3 is 5.97 Å². The van der Waals surface area contributed by atoms with Crippen molar-refractivity contribution in [2.45, 2.75) is 33.2 Å². The molecule has 0 spiro atoms. The quantitative estimate of drug-likeness (QED) is 0.736. The van der Waals surface area contributed by atoms with E-state index in [4.69, 9.17) is 14.6 Å². The van der Waals surface area contributed by atoms with Crippen LogP contribution in [-0.4, -0.2) is 28.8 Å². The first-order valence-corrected chi connectivity index (χ1v) is 5.55. The van der Waals surface area contributed by atoms with Gasteiger partial charge < -0.3 is 19.9 Å². The van der Waals surface area contributed by atoms with Gasteiger partial charge in [0, 0.05) is 18.7 Å². The van der Waals surface area contributed by atoms with Gasteiger partial charge in [0.1, 0.15) is 0 Å². The van der Waals surface area contributed by atoms with Crippen molar-refractivity contribution in [3.05, 3.63) is 17.9 Å². The van der Waals surface area contributed by atoms with Gasteiger partial charge in [-0.2, -0.15) is 0 Å². The Morgan fingerprint density at radius 1 is 1.47 bits per heavy atom. The summed E-state index contributed by atoms with van der Waals surface area (Å²) in [6.07, 6.45) is 0.576. The number of nitrogens with one attached hydrogen (secondary N) is 1. The van der Waals surface area contributed by atoms with Crippen molar-refractivity contribution in [3.63, 3.8) is 0 Å². The first-order chi connectivity index (χ1) is 7.84. The van der Waals surface area contributed by atoms with Crippen LogP contribution >= 0.6 is 0 Å². The number of carboxylic acid groups (broad SMARTS) is 1. The second-order valence-electron chi connectivity index (χ2n) is 5.04. The summed E-state index contributed by atoms with van der Waals surface area (Å²) in [4.78, 5) is 10.7. The maximum atomic E-state index is 10.7. The summed E-state index contributed by atoms with van der Waals surface area (Å²) in [6.45, 7) is 6.20. The lowest BCUT2D eigenvalue weighted by Crippen LogP contribution is -2.34. The number of aromatic carboxylic acids is 1. The largest absolute Gasteiger partial charge is 0.475 e. The maximum absolute atomic E-state index is 10.7. The predicted octanol–water partition coefficient (Wildman–Crippen LogP) is 2.19. The molecule has 0 bridgehead atoms. The van der Waals surface area contributed by atoms with Crippen molar-refractivity contribution >= 4 is 11.9 Å². The Balaban J connectivity index is 2.75. The normalized spacial score (nSPS) is 13.4. The summed E-state index contributed by atoms with van der Waals surface area (Å²) < 4.78 is 5.12. The Morgan fingerprint density at radius 2 is 2.12 bits per heavy atom. The molecular formula is C12H19NO4. The number of furan rings is 1. The molecule has 1 heterocycles. The fourth-order valence-corrected chi connectivity index (χ4v) is 1.55. The zero-order valence-electron chi connectivity index (χ0n) is 10.4. The molecule has 1 unspecified atom stereocenters. The van der Waals surface area contributed by atoms with E-state index in [1.54, 1.807) is 6.07 Å². The molecule has 1 aromatic heterocycles. The predicted molar refractivity (Wildman–Crippen MR) is 64.2 cm³/mol. The number of anilines is 1. The van der Waals surface area contributed by atoms with Crippen molar-refractivity contribution in [3.8, 4) is 0 Å². The van der Waals surface area contributed by atoms with Crippen LogP contribution in [0, 0.1) is 5.41 Å². The monoisotopic (exact) mass is 241 g/mol. The average Bonchev–Trinajstić information content (AvgIpc) is 2.64. The van der Waals surface area contributed by atoms with E-state index in [1.807, 2.05) is 20.8 Å². The van der Waals surface area contributed by atoms with E-state index in [2.05, 4.69) is 5.32 Å². The Morgan fingerprint density at radius 3 is 2.53 bits per heavy atom. The van der Waals surface area contributed by atoms with Crippen molar-refractivity contribution < 1.29 is 19.4 Å². The molecule has 0 saturated carbocycles. The highest BCUT2D eigenvalue weighted by Crippen LogP contribution is 2.26. The topological polar surface area (TPSA) is 82.7 Å². The molecule has 0 aliphatic carbocycles. The zero-order valence-corrected chi connectivity index (χ0v) is 10.4. The van der Waals surface area contributed by atoms with Crippen LogP contribution in [0.1, 0.15) is 37.7 Å². The van der Waals surface area contributed by atoms with Crippen LogP contribution in [-0.2, 0) is 0 Å². The van der Waals surface area contributed by atoms with E-state index in [0.717, 1.165) is 0 Å². The van der Waals surface area contributed by atoms with E-state index >= 15 is 0 Å². The highest BCUT2D eigenvalue weighted by atomic mass is 16.4. The Hall–Kier alpha value is -1.49. The zero-order chi connectivity index (χ0) is 13.1. The Kier molecular flexibility index (Phi) is 4.17. The second kappa shape index (κ2) is 5.23. The molecule has 0 aromatic carbocycles. The lowest BCUT2D eigenvalue weighted by Gasteiger charge is -2.30. The van der Waals surface area contributed by atoms with Gasteiger partial charge in [0.25, 0.3) is 0 Å².